The van der Waals surface area contributed by atoms with E-state index in [4.69, 9.17) is 20.2 Å². The molecular formula is C37H27N7. The van der Waals surface area contributed by atoms with Crippen molar-refractivity contribution in [2.24, 2.45) is 0 Å². The van der Waals surface area contributed by atoms with Crippen molar-refractivity contribution >= 4 is 38.8 Å². The Kier molecular flexibility index (Phi) is 5.56. The molecule has 0 radical (unpaired) electrons. The molecule has 44 heavy (non-hydrogen) atoms. The zero-order valence-electron chi connectivity index (χ0n) is 23.9. The van der Waals surface area contributed by atoms with Crippen LogP contribution in [0.25, 0.3) is 72.7 Å². The van der Waals surface area contributed by atoms with Crippen LogP contribution in [-0.2, 0) is 0 Å². The van der Waals surface area contributed by atoms with Gasteiger partial charge in [0.15, 0.2) is 22.9 Å². The van der Waals surface area contributed by atoms with Crippen LogP contribution >= 0.6 is 0 Å². The Morgan fingerprint density at radius 2 is 1.20 bits per heavy atom. The van der Waals surface area contributed by atoms with Crippen LogP contribution in [-0.4, -0.2) is 33.8 Å². The predicted molar refractivity (Wildman–Crippen MR) is 176 cm³/mol. The van der Waals surface area contributed by atoms with Gasteiger partial charge in [-0.3, -0.25) is 0 Å². The fourth-order valence-electron chi connectivity index (χ4n) is 6.31. The van der Waals surface area contributed by atoms with E-state index < -0.39 is 0 Å². The van der Waals surface area contributed by atoms with E-state index in [1.54, 1.807) is 0 Å². The number of allylic oxidation sites excluding steroid dienone is 4. The molecule has 0 unspecified atom stereocenters. The minimum atomic E-state index is 0.660. The van der Waals surface area contributed by atoms with Gasteiger partial charge >= 0.3 is 0 Å². The fourth-order valence-corrected chi connectivity index (χ4v) is 6.31. The molecule has 0 spiro atoms. The number of rotatable bonds is 4. The molecule has 0 saturated carbocycles. The third kappa shape index (κ3) is 4.05. The van der Waals surface area contributed by atoms with Crippen LogP contribution < -0.4 is 0 Å². The average Bonchev–Trinajstić information content (AvgIpc) is 3.73. The summed E-state index contributed by atoms with van der Waals surface area (Å²) in [6.45, 7) is 0. The summed E-state index contributed by atoms with van der Waals surface area (Å²) in [6, 6.07) is 33.7. The van der Waals surface area contributed by atoms with Crippen molar-refractivity contribution in [3.8, 4) is 33.9 Å². The van der Waals surface area contributed by atoms with E-state index in [0.29, 0.717) is 11.6 Å². The highest BCUT2D eigenvalue weighted by molar-refractivity contribution is 6.11. The van der Waals surface area contributed by atoms with Crippen molar-refractivity contribution < 1.29 is 0 Å². The van der Waals surface area contributed by atoms with E-state index >= 15 is 0 Å². The molecule has 1 aliphatic carbocycles. The van der Waals surface area contributed by atoms with Gasteiger partial charge in [0, 0.05) is 40.0 Å². The number of benzene rings is 3. The highest BCUT2D eigenvalue weighted by Crippen LogP contribution is 2.37. The van der Waals surface area contributed by atoms with Crippen molar-refractivity contribution in [1.29, 1.82) is 0 Å². The first kappa shape index (κ1) is 24.7. The number of aromatic nitrogens is 7. The van der Waals surface area contributed by atoms with Gasteiger partial charge in [0.25, 0.3) is 0 Å². The second-order valence-corrected chi connectivity index (χ2v) is 11.2. The molecule has 5 heterocycles. The van der Waals surface area contributed by atoms with E-state index in [9.17, 15) is 0 Å². The summed E-state index contributed by atoms with van der Waals surface area (Å²) in [7, 11) is 0. The lowest BCUT2D eigenvalue weighted by atomic mass is 9.97. The molecule has 0 aliphatic heterocycles. The molecule has 3 aromatic carbocycles. The van der Waals surface area contributed by atoms with Gasteiger partial charge in [-0.25, -0.2) is 19.0 Å². The van der Waals surface area contributed by atoms with Crippen LogP contribution in [0.5, 0.6) is 0 Å². The number of hydrogen-bond acceptors (Lipinski definition) is 4. The van der Waals surface area contributed by atoms with Gasteiger partial charge in [-0.2, -0.15) is 0 Å². The lowest BCUT2D eigenvalue weighted by Crippen LogP contribution is -1.94. The van der Waals surface area contributed by atoms with Crippen molar-refractivity contribution in [2.45, 2.75) is 19.3 Å². The minimum Gasteiger partial charge on any atom is -0.310 e. The highest BCUT2D eigenvalue weighted by Gasteiger charge is 2.17. The molecule has 0 saturated heterocycles. The molecule has 0 atom stereocenters. The Morgan fingerprint density at radius 3 is 1.93 bits per heavy atom. The minimum absolute atomic E-state index is 0.660. The van der Waals surface area contributed by atoms with Gasteiger partial charge < -0.3 is 4.57 Å². The Hall–Kier alpha value is -5.82. The summed E-state index contributed by atoms with van der Waals surface area (Å²) < 4.78 is 6.02. The van der Waals surface area contributed by atoms with Crippen molar-refractivity contribution in [3.05, 3.63) is 128 Å². The molecule has 7 heteroatoms. The van der Waals surface area contributed by atoms with Crippen molar-refractivity contribution in [2.75, 3.05) is 0 Å². The quantitative estimate of drug-likeness (QED) is 0.213. The van der Waals surface area contributed by atoms with Crippen LogP contribution in [0, 0.1) is 0 Å². The smallest absolute Gasteiger partial charge is 0.182 e. The van der Waals surface area contributed by atoms with Gasteiger partial charge in [-0.1, -0.05) is 48.6 Å². The predicted octanol–water partition coefficient (Wildman–Crippen LogP) is 8.46. The molecule has 0 N–H and O–H groups in total. The van der Waals surface area contributed by atoms with Gasteiger partial charge in [0.05, 0.1) is 11.0 Å². The maximum atomic E-state index is 4.84. The molecule has 7 nitrogen and oxygen atoms in total. The Morgan fingerprint density at radius 1 is 0.545 bits per heavy atom. The first-order valence-corrected chi connectivity index (χ1v) is 15.0. The van der Waals surface area contributed by atoms with Crippen molar-refractivity contribution in [1.82, 2.24) is 33.8 Å². The van der Waals surface area contributed by atoms with E-state index in [-0.39, 0.29) is 0 Å². The van der Waals surface area contributed by atoms with Gasteiger partial charge in [-0.15, -0.1) is 10.2 Å². The van der Waals surface area contributed by atoms with Gasteiger partial charge in [0.2, 0.25) is 0 Å². The molecule has 5 aromatic heterocycles. The molecule has 0 fully saturated rings. The molecule has 9 rings (SSSR count). The summed E-state index contributed by atoms with van der Waals surface area (Å²) in [6.07, 6.45) is 14.1. The summed E-state index contributed by atoms with van der Waals surface area (Å²) in [4.78, 5) is 9.68. The zero-order chi connectivity index (χ0) is 29.0. The van der Waals surface area contributed by atoms with Crippen molar-refractivity contribution in [3.63, 3.8) is 0 Å². The normalized spacial score (nSPS) is 13.7. The summed E-state index contributed by atoms with van der Waals surface area (Å²) >= 11 is 0. The second-order valence-electron chi connectivity index (χ2n) is 11.2. The number of fused-ring (bicyclic) bond motifs is 5. The monoisotopic (exact) mass is 569 g/mol. The number of nitrogens with zero attached hydrogens (tertiary/aromatic N) is 7. The average molecular weight is 570 g/mol. The fraction of sp³-hybridized carbons (Fsp3) is 0.0811. The first-order chi connectivity index (χ1) is 21.8. The van der Waals surface area contributed by atoms with E-state index in [2.05, 4.69) is 83.5 Å². The third-order valence-corrected chi connectivity index (χ3v) is 8.41. The van der Waals surface area contributed by atoms with Crippen LogP contribution in [0.3, 0.4) is 0 Å². The zero-order valence-corrected chi connectivity index (χ0v) is 23.9. The lowest BCUT2D eigenvalue weighted by molar-refractivity contribution is 0.875. The highest BCUT2D eigenvalue weighted by atomic mass is 15.3. The molecular weight excluding hydrogens is 542 g/mol. The first-order valence-electron chi connectivity index (χ1n) is 15.0. The lowest BCUT2D eigenvalue weighted by Gasteiger charge is -2.10. The van der Waals surface area contributed by atoms with Gasteiger partial charge in [-0.05, 0) is 97.1 Å². The van der Waals surface area contributed by atoms with Crippen LogP contribution in [0.1, 0.15) is 19.3 Å². The molecule has 8 aromatic rings. The number of hydrogen-bond donors (Lipinski definition) is 0. The standard InChI is InChI=1S/C37H27N7/c1-2-4-12-29(11-3-1)44-32-14-6-5-13-30(32)31-24-25(17-18-33(31)44)26-21-27(36-38-34-15-7-9-19-42(34)40-36)23-28(22-26)37-39-35-16-8-10-20-43(35)41-37/h3,5-24H,1-2,4H2. The second kappa shape index (κ2) is 9.88. The van der Waals surface area contributed by atoms with E-state index in [1.807, 2.05) is 57.8 Å². The SMILES string of the molecule is C1=CC(n2c3ccccc3c3cc(-c4cc(-c5nc6ccccn6n5)cc(-c5nc6ccccn6n5)c4)ccc32)=CCCC1. The maximum absolute atomic E-state index is 4.84. The number of para-hydroxylation sites is 1. The largest absolute Gasteiger partial charge is 0.310 e. The third-order valence-electron chi connectivity index (χ3n) is 8.41. The summed E-state index contributed by atoms with van der Waals surface area (Å²) in [5, 5.41) is 12.0. The summed E-state index contributed by atoms with van der Waals surface area (Å²) in [5.74, 6) is 1.32. The van der Waals surface area contributed by atoms with Crippen LogP contribution in [0.15, 0.2) is 128 Å². The Labute approximate surface area is 253 Å². The van der Waals surface area contributed by atoms with Crippen LogP contribution in [0.4, 0.5) is 0 Å². The topological polar surface area (TPSA) is 65.3 Å². The Bertz CT molecular complexity index is 2280. The summed E-state index contributed by atoms with van der Waals surface area (Å²) in [5.41, 5.74) is 9.26. The molecule has 0 bridgehead atoms. The van der Waals surface area contributed by atoms with Crippen LogP contribution in [0.2, 0.25) is 0 Å². The van der Waals surface area contributed by atoms with E-state index in [0.717, 1.165) is 46.4 Å². The maximum Gasteiger partial charge on any atom is 0.182 e. The molecule has 0 amide bonds. The molecule has 1 aliphatic rings. The van der Waals surface area contributed by atoms with Gasteiger partial charge in [0.1, 0.15) is 0 Å². The molecule has 210 valence electrons. The van der Waals surface area contributed by atoms with E-state index in [1.165, 1.54) is 33.9 Å². The Balaban J connectivity index is 1.26. The number of pyridine rings is 2.